The Balaban J connectivity index is 2.37. The lowest BCUT2D eigenvalue weighted by atomic mass is 10.1. The van der Waals surface area contributed by atoms with Crippen LogP contribution in [0.3, 0.4) is 0 Å². The van der Waals surface area contributed by atoms with E-state index in [0.717, 1.165) is 19.3 Å². The fourth-order valence-corrected chi connectivity index (χ4v) is 4.64. The second-order valence-corrected chi connectivity index (χ2v) is 11.0. The monoisotopic (exact) mass is 671 g/mol. The van der Waals surface area contributed by atoms with E-state index in [2.05, 4.69) is 17.1 Å². The predicted octanol–water partition coefficient (Wildman–Crippen LogP) is 5.34. The lowest BCUT2D eigenvalue weighted by Crippen LogP contribution is -2.27. The molecule has 3 N–H and O–H groups in total. The number of ether oxygens (including phenoxy) is 6. The summed E-state index contributed by atoms with van der Waals surface area (Å²) in [5.74, 6) is 4.78. The third kappa shape index (κ3) is 20.7. The van der Waals surface area contributed by atoms with E-state index in [1.165, 1.54) is 57.8 Å². The molecule has 0 bridgehead atoms. The molecule has 14 nitrogen and oxygen atoms in total. The molecule has 0 spiro atoms. The molecule has 0 aliphatic carbocycles. The Morgan fingerprint density at radius 2 is 1.40 bits per heavy atom. The van der Waals surface area contributed by atoms with Gasteiger partial charge in [-0.05, 0) is 25.8 Å². The highest BCUT2D eigenvalue weighted by Gasteiger charge is 2.26. The van der Waals surface area contributed by atoms with E-state index in [1.807, 2.05) is 0 Å². The van der Waals surface area contributed by atoms with Gasteiger partial charge in [0.25, 0.3) is 5.69 Å². The highest BCUT2D eigenvalue weighted by molar-refractivity contribution is 5.75. The van der Waals surface area contributed by atoms with Crippen molar-refractivity contribution in [2.24, 2.45) is 5.90 Å². The third-order valence-electron chi connectivity index (χ3n) is 7.20. The summed E-state index contributed by atoms with van der Waals surface area (Å²) in [6.45, 7) is 7.05. The topological polar surface area (TPSA) is 180 Å². The Hall–Kier alpha value is -3.04. The van der Waals surface area contributed by atoms with Crippen LogP contribution < -0.4 is 20.7 Å². The number of esters is 1. The zero-order valence-electron chi connectivity index (χ0n) is 28.6. The molecule has 0 saturated carbocycles. The number of carbonyl (C=O) groups is 2. The van der Waals surface area contributed by atoms with Crippen LogP contribution in [-0.2, 0) is 33.4 Å². The molecule has 1 aromatic rings. The maximum absolute atomic E-state index is 12.4. The molecule has 270 valence electrons. The lowest BCUT2D eigenvalue weighted by Gasteiger charge is -2.17. The van der Waals surface area contributed by atoms with Crippen molar-refractivity contribution >= 4 is 17.6 Å². The highest BCUT2D eigenvalue weighted by atomic mass is 16.6. The van der Waals surface area contributed by atoms with E-state index < -0.39 is 11.0 Å². The molecule has 1 atom stereocenters. The fourth-order valence-electron chi connectivity index (χ4n) is 4.64. The Morgan fingerprint density at radius 1 is 0.809 bits per heavy atom. The van der Waals surface area contributed by atoms with Gasteiger partial charge in [-0.15, -0.1) is 0 Å². The van der Waals surface area contributed by atoms with Crippen molar-refractivity contribution in [3.05, 3.63) is 27.8 Å². The molecule has 0 aliphatic rings. The first-order valence-electron chi connectivity index (χ1n) is 16.8. The Bertz CT molecular complexity index is 997. The van der Waals surface area contributed by atoms with E-state index in [9.17, 15) is 19.7 Å². The van der Waals surface area contributed by atoms with Crippen LogP contribution in [0.5, 0.6) is 11.5 Å². The third-order valence-corrected chi connectivity index (χ3v) is 7.20. The zero-order valence-corrected chi connectivity index (χ0v) is 28.6. The maximum Gasteiger partial charge on any atom is 0.306 e. The number of nitro benzene ring substituents is 1. The zero-order chi connectivity index (χ0) is 34.5. The van der Waals surface area contributed by atoms with E-state index in [4.69, 9.17) is 34.3 Å². The first-order chi connectivity index (χ1) is 22.8. The van der Waals surface area contributed by atoms with Crippen LogP contribution in [0.2, 0.25) is 0 Å². The minimum atomic E-state index is -0.841. The van der Waals surface area contributed by atoms with Gasteiger partial charge >= 0.3 is 5.97 Å². The van der Waals surface area contributed by atoms with Crippen molar-refractivity contribution in [2.45, 2.75) is 97.0 Å². The van der Waals surface area contributed by atoms with Gasteiger partial charge in [-0.1, -0.05) is 58.3 Å². The van der Waals surface area contributed by atoms with Crippen LogP contribution in [0.25, 0.3) is 0 Å². The van der Waals surface area contributed by atoms with Gasteiger partial charge in [0.2, 0.25) is 5.91 Å². The summed E-state index contributed by atoms with van der Waals surface area (Å²) < 4.78 is 32.7. The van der Waals surface area contributed by atoms with Gasteiger partial charge in [0.15, 0.2) is 11.5 Å². The Kier molecular flexibility index (Phi) is 25.0. The molecule has 1 rings (SSSR count). The van der Waals surface area contributed by atoms with E-state index in [1.54, 1.807) is 6.92 Å². The van der Waals surface area contributed by atoms with Gasteiger partial charge in [0.1, 0.15) is 6.10 Å². The first kappa shape index (κ1) is 42.0. The predicted molar refractivity (Wildman–Crippen MR) is 176 cm³/mol. The number of nitrogens with zero attached hydrogens (tertiary/aromatic N) is 1. The second-order valence-electron chi connectivity index (χ2n) is 11.0. The van der Waals surface area contributed by atoms with Gasteiger partial charge in [0, 0.05) is 19.4 Å². The molecular formula is C33H57N3O11. The number of nitrogens with one attached hydrogen (secondary N) is 1. The van der Waals surface area contributed by atoms with Gasteiger partial charge < -0.3 is 38.6 Å². The van der Waals surface area contributed by atoms with Crippen LogP contribution in [0.1, 0.15) is 103 Å². The average Bonchev–Trinajstić information content (AvgIpc) is 3.05. The quantitative estimate of drug-likeness (QED) is 0.0448. The summed E-state index contributed by atoms with van der Waals surface area (Å²) in [6.07, 6.45) is 10.2. The smallest absolute Gasteiger partial charge is 0.306 e. The number of unbranched alkanes of at least 4 members (excludes halogenated alkanes) is 8. The SMILES string of the molecule is CCCCCCCCCCCC(=O)OC(C)c1cc(OC)c(OCCCC(=O)NCCOCCOCCOCCON)cc1[N+](=O)[O-]. The summed E-state index contributed by atoms with van der Waals surface area (Å²) in [7, 11) is 1.43. The van der Waals surface area contributed by atoms with Gasteiger partial charge in [-0.25, -0.2) is 5.90 Å². The van der Waals surface area contributed by atoms with Crippen LogP contribution in [0.15, 0.2) is 12.1 Å². The normalized spacial score (nSPS) is 11.7. The van der Waals surface area contributed by atoms with Gasteiger partial charge in [-0.3, -0.25) is 19.7 Å². The number of benzene rings is 1. The molecular weight excluding hydrogens is 614 g/mol. The highest BCUT2D eigenvalue weighted by Crippen LogP contribution is 2.38. The number of methoxy groups -OCH3 is 1. The van der Waals surface area contributed by atoms with Crippen LogP contribution in [-0.4, -0.2) is 83.3 Å². The molecule has 1 unspecified atom stereocenters. The van der Waals surface area contributed by atoms with Crippen molar-refractivity contribution in [3.8, 4) is 11.5 Å². The number of carbonyl (C=O) groups excluding carboxylic acids is 2. The molecule has 1 amide bonds. The van der Waals surface area contributed by atoms with E-state index in [-0.39, 0.29) is 54.1 Å². The van der Waals surface area contributed by atoms with E-state index in [0.29, 0.717) is 59.2 Å². The van der Waals surface area contributed by atoms with Crippen molar-refractivity contribution in [3.63, 3.8) is 0 Å². The standard InChI is InChI=1S/C33H57N3O11/c1-4-5-6-7-8-9-10-11-12-15-33(38)47-27(2)28-25-30(41-3)31(26-29(28)36(39)40)45-17-13-14-32(37)35-16-18-42-19-20-43-21-22-44-23-24-46-34/h25-27H,4-24,34H2,1-3H3,(H,35,37). The van der Waals surface area contributed by atoms with Crippen molar-refractivity contribution in [1.82, 2.24) is 5.32 Å². The Labute approximate surface area is 279 Å². The summed E-state index contributed by atoms with van der Waals surface area (Å²) in [5.41, 5.74) is -0.0195. The van der Waals surface area contributed by atoms with Crippen molar-refractivity contribution in [2.75, 3.05) is 66.5 Å². The fraction of sp³-hybridized carbons (Fsp3) is 0.758. The molecule has 0 aromatic heterocycles. The molecule has 0 radical (unpaired) electrons. The number of rotatable bonds is 31. The average molecular weight is 672 g/mol. The number of amides is 1. The minimum absolute atomic E-state index is 0.139. The molecule has 14 heteroatoms. The molecule has 0 saturated heterocycles. The number of hydrogen-bond donors (Lipinski definition) is 2. The van der Waals surface area contributed by atoms with Crippen molar-refractivity contribution < 1.29 is 47.8 Å². The van der Waals surface area contributed by atoms with E-state index >= 15 is 0 Å². The minimum Gasteiger partial charge on any atom is -0.493 e. The summed E-state index contributed by atoms with van der Waals surface area (Å²) in [4.78, 5) is 40.3. The number of hydrogen-bond acceptors (Lipinski definition) is 12. The molecule has 0 heterocycles. The lowest BCUT2D eigenvalue weighted by molar-refractivity contribution is -0.386. The summed E-state index contributed by atoms with van der Waals surface area (Å²) in [6, 6.07) is 2.73. The molecule has 47 heavy (non-hydrogen) atoms. The molecule has 1 aromatic carbocycles. The van der Waals surface area contributed by atoms with Crippen LogP contribution in [0, 0.1) is 10.1 Å². The Morgan fingerprint density at radius 3 is 2.00 bits per heavy atom. The van der Waals surface area contributed by atoms with Gasteiger partial charge in [0.05, 0.1) is 76.5 Å². The number of nitro groups is 1. The van der Waals surface area contributed by atoms with Crippen LogP contribution >= 0.6 is 0 Å². The van der Waals surface area contributed by atoms with Crippen LogP contribution in [0.4, 0.5) is 5.69 Å². The maximum atomic E-state index is 12.4. The molecule has 0 aliphatic heterocycles. The van der Waals surface area contributed by atoms with Crippen molar-refractivity contribution in [1.29, 1.82) is 0 Å². The first-order valence-corrected chi connectivity index (χ1v) is 16.8. The summed E-state index contributed by atoms with van der Waals surface area (Å²) >= 11 is 0. The second kappa shape index (κ2) is 28.0. The number of nitrogens with two attached hydrogens (primary N) is 1. The largest absolute Gasteiger partial charge is 0.493 e. The summed E-state index contributed by atoms with van der Waals surface area (Å²) in [5, 5.41) is 14.6. The van der Waals surface area contributed by atoms with Gasteiger partial charge in [-0.2, -0.15) is 0 Å². The molecule has 0 fully saturated rings.